The maximum Gasteiger partial charge on any atom is 0.101 e. The van der Waals surface area contributed by atoms with Crippen molar-refractivity contribution < 1.29 is 0 Å². The maximum atomic E-state index is 11.1. The van der Waals surface area contributed by atoms with Crippen LogP contribution in [0.3, 0.4) is 0 Å². The topological polar surface area (TPSA) is 60.7 Å². The van der Waals surface area contributed by atoms with Crippen LogP contribution in [0.25, 0.3) is 85.9 Å². The average molecular weight is 782 g/mol. The second kappa shape index (κ2) is 13.2. The molecular weight excluding hydrogens is 751 g/mol. The molecule has 0 spiro atoms. The normalized spacial score (nSPS) is 11.6. The average Bonchev–Trinajstić information content (AvgIpc) is 3.97. The molecule has 278 valence electrons. The van der Waals surface area contributed by atoms with Crippen LogP contribution in [0.2, 0.25) is 0 Å². The number of nitriles is 2. The van der Waals surface area contributed by atoms with Crippen molar-refractivity contribution in [2.75, 3.05) is 4.90 Å². The van der Waals surface area contributed by atoms with Crippen molar-refractivity contribution in [1.29, 1.82) is 10.5 Å². The lowest BCUT2D eigenvalue weighted by atomic mass is 10.0. The first-order valence-electron chi connectivity index (χ1n) is 19.9. The Morgan fingerprint density at radius 1 is 0.383 bits per heavy atom. The van der Waals surface area contributed by atoms with Gasteiger partial charge in [0.05, 0.1) is 44.6 Å². The molecule has 0 unspecified atom stereocenters. The van der Waals surface area contributed by atoms with E-state index < -0.39 is 0 Å². The van der Waals surface area contributed by atoms with Gasteiger partial charge in [-0.3, -0.25) is 0 Å². The number of fused-ring (bicyclic) bond motifs is 12. The summed E-state index contributed by atoms with van der Waals surface area (Å²) in [6, 6.07) is 70.5. The Morgan fingerprint density at radius 3 is 1.63 bits per heavy atom. The monoisotopic (exact) mass is 781 g/mol. The lowest BCUT2D eigenvalue weighted by molar-refractivity contribution is 1.12. The van der Waals surface area contributed by atoms with Crippen molar-refractivity contribution in [2.24, 2.45) is 0 Å². The lowest BCUT2D eigenvalue weighted by Gasteiger charge is -2.25. The number of thiophene rings is 1. The van der Waals surface area contributed by atoms with Gasteiger partial charge in [0.1, 0.15) is 12.1 Å². The van der Waals surface area contributed by atoms with Crippen LogP contribution < -0.4 is 4.90 Å². The van der Waals surface area contributed by atoms with Gasteiger partial charge in [-0.1, -0.05) is 103 Å². The van der Waals surface area contributed by atoms with Crippen molar-refractivity contribution in [3.05, 3.63) is 199 Å². The fraction of sp³-hybridized carbons (Fsp3) is 0. The fourth-order valence-electron chi connectivity index (χ4n) is 9.44. The van der Waals surface area contributed by atoms with E-state index in [0.29, 0.717) is 22.5 Å². The van der Waals surface area contributed by atoms with Gasteiger partial charge in [-0.2, -0.15) is 10.5 Å². The number of anilines is 3. The molecule has 0 aliphatic heterocycles. The van der Waals surface area contributed by atoms with Gasteiger partial charge in [0, 0.05) is 58.8 Å². The van der Waals surface area contributed by atoms with Gasteiger partial charge in [0.2, 0.25) is 0 Å². The van der Waals surface area contributed by atoms with E-state index >= 15 is 0 Å². The number of aromatic nitrogens is 2. The van der Waals surface area contributed by atoms with Crippen LogP contribution >= 0.6 is 11.3 Å². The summed E-state index contributed by atoms with van der Waals surface area (Å²) in [5.41, 5.74) is 9.31. The third kappa shape index (κ3) is 4.90. The van der Waals surface area contributed by atoms with E-state index in [2.05, 4.69) is 184 Å². The van der Waals surface area contributed by atoms with Crippen LogP contribution in [0.5, 0.6) is 0 Å². The van der Waals surface area contributed by atoms with E-state index in [1.165, 1.54) is 20.2 Å². The molecule has 12 aromatic rings. The molecule has 0 saturated heterocycles. The standard InChI is InChI=1S/C54H31N5S/c55-32-35-30-49(36(33-56)29-48(35)58-44-21-11-9-19-41(44)52-40-18-8-7-13-34(40)23-25-46(52)58)59-45-26-24-39(57(37-14-3-1-4-15-37)38-16-5-2-6-17-38)31-43(45)53-47(59)27-28-51-54(53)42-20-10-12-22-50(42)60-51/h1-31H. The summed E-state index contributed by atoms with van der Waals surface area (Å²) < 4.78 is 6.77. The molecule has 9 aromatic carbocycles. The number of nitrogens with zero attached hydrogens (tertiary/aromatic N) is 5. The Bertz CT molecular complexity index is 3760. The molecule has 3 heterocycles. The minimum absolute atomic E-state index is 0.476. The van der Waals surface area contributed by atoms with Crippen LogP contribution in [0.15, 0.2) is 188 Å². The van der Waals surface area contributed by atoms with Gasteiger partial charge >= 0.3 is 0 Å². The van der Waals surface area contributed by atoms with E-state index in [4.69, 9.17) is 0 Å². The predicted octanol–water partition coefficient (Wildman–Crippen LogP) is 14.6. The molecule has 0 fully saturated rings. The van der Waals surface area contributed by atoms with Crippen molar-refractivity contribution in [3.63, 3.8) is 0 Å². The summed E-state index contributed by atoms with van der Waals surface area (Å²) in [6.07, 6.45) is 0. The molecule has 0 aliphatic rings. The third-order valence-corrected chi connectivity index (χ3v) is 13.1. The number of para-hydroxylation sites is 3. The predicted molar refractivity (Wildman–Crippen MR) is 250 cm³/mol. The molecule has 0 atom stereocenters. The molecule has 6 heteroatoms. The van der Waals surface area contributed by atoms with Crippen LogP contribution in [0, 0.1) is 22.7 Å². The molecule has 0 radical (unpaired) electrons. The highest BCUT2D eigenvalue weighted by Gasteiger charge is 2.24. The number of hydrogen-bond acceptors (Lipinski definition) is 4. The van der Waals surface area contributed by atoms with Gasteiger partial charge in [-0.25, -0.2) is 0 Å². The summed E-state index contributed by atoms with van der Waals surface area (Å²) >= 11 is 1.79. The van der Waals surface area contributed by atoms with Crippen molar-refractivity contribution in [1.82, 2.24) is 9.13 Å². The Balaban J connectivity index is 1.16. The van der Waals surface area contributed by atoms with Gasteiger partial charge in [-0.05, 0) is 95.7 Å². The molecule has 12 rings (SSSR count). The summed E-state index contributed by atoms with van der Waals surface area (Å²) in [5, 5.41) is 31.2. The summed E-state index contributed by atoms with van der Waals surface area (Å²) in [7, 11) is 0. The molecule has 60 heavy (non-hydrogen) atoms. The van der Waals surface area contributed by atoms with Crippen LogP contribution in [0.1, 0.15) is 11.1 Å². The van der Waals surface area contributed by atoms with Crippen LogP contribution in [0.4, 0.5) is 17.1 Å². The highest BCUT2D eigenvalue weighted by atomic mass is 32.1. The minimum Gasteiger partial charge on any atom is -0.310 e. The highest BCUT2D eigenvalue weighted by Crippen LogP contribution is 2.46. The van der Waals surface area contributed by atoms with Gasteiger partial charge < -0.3 is 14.0 Å². The summed E-state index contributed by atoms with van der Waals surface area (Å²) in [5.74, 6) is 0. The van der Waals surface area contributed by atoms with Gasteiger partial charge in [0.25, 0.3) is 0 Å². The molecule has 0 amide bonds. The molecule has 0 aliphatic carbocycles. The smallest absolute Gasteiger partial charge is 0.101 e. The Morgan fingerprint density at radius 2 is 0.933 bits per heavy atom. The largest absolute Gasteiger partial charge is 0.310 e. The van der Waals surface area contributed by atoms with Crippen molar-refractivity contribution in [3.8, 4) is 23.5 Å². The van der Waals surface area contributed by atoms with Gasteiger partial charge in [-0.15, -0.1) is 11.3 Å². The molecule has 0 bridgehead atoms. The number of rotatable bonds is 5. The van der Waals surface area contributed by atoms with E-state index in [-0.39, 0.29) is 0 Å². The second-order valence-corrected chi connectivity index (χ2v) is 16.2. The first-order valence-corrected chi connectivity index (χ1v) is 20.7. The maximum absolute atomic E-state index is 11.1. The zero-order valence-corrected chi connectivity index (χ0v) is 32.9. The van der Waals surface area contributed by atoms with E-state index in [9.17, 15) is 10.5 Å². The summed E-state index contributed by atoms with van der Waals surface area (Å²) in [6.45, 7) is 0. The lowest BCUT2D eigenvalue weighted by Crippen LogP contribution is -2.09. The highest BCUT2D eigenvalue weighted by molar-refractivity contribution is 7.26. The third-order valence-electron chi connectivity index (χ3n) is 11.9. The first kappa shape index (κ1) is 33.9. The van der Waals surface area contributed by atoms with Crippen LogP contribution in [-0.2, 0) is 0 Å². The molecule has 0 saturated carbocycles. The van der Waals surface area contributed by atoms with E-state index in [1.54, 1.807) is 11.3 Å². The van der Waals surface area contributed by atoms with Crippen LogP contribution in [-0.4, -0.2) is 9.13 Å². The molecular formula is C54H31N5S. The number of hydrogen-bond donors (Lipinski definition) is 0. The van der Waals surface area contributed by atoms with E-state index in [0.717, 1.165) is 71.4 Å². The fourth-order valence-corrected chi connectivity index (χ4v) is 10.6. The van der Waals surface area contributed by atoms with E-state index in [1.807, 2.05) is 30.3 Å². The Labute approximate surface area is 348 Å². The molecule has 5 nitrogen and oxygen atoms in total. The van der Waals surface area contributed by atoms with Crippen molar-refractivity contribution in [2.45, 2.75) is 0 Å². The Kier molecular flexibility index (Phi) is 7.46. The van der Waals surface area contributed by atoms with Crippen molar-refractivity contribution >= 4 is 103 Å². The molecule has 0 N–H and O–H groups in total. The zero-order chi connectivity index (χ0) is 39.9. The minimum atomic E-state index is 0.476. The quantitative estimate of drug-likeness (QED) is 0.175. The zero-order valence-electron chi connectivity index (χ0n) is 32.0. The summed E-state index contributed by atoms with van der Waals surface area (Å²) in [4.78, 5) is 2.28. The first-order chi connectivity index (χ1) is 29.7. The second-order valence-electron chi connectivity index (χ2n) is 15.1. The SMILES string of the molecule is N#Cc1cc(-n2c3ccc(N(c4ccccc4)c4ccccc4)cc3c3c4c(ccc32)sc2ccccc24)c(C#N)cc1-n1c2ccccc2c2c3ccccc3ccc21. The molecule has 3 aromatic heterocycles. The number of benzene rings is 9. The Hall–Kier alpha value is -8.16. The van der Waals surface area contributed by atoms with Gasteiger partial charge in [0.15, 0.2) is 0 Å².